The molecule has 1 fully saturated rings. The minimum atomic E-state index is 0.0436. The Bertz CT molecular complexity index is 499. The van der Waals surface area contributed by atoms with Crippen LogP contribution in [0.2, 0.25) is 0 Å². The second-order valence-electron chi connectivity index (χ2n) is 6.30. The molecule has 6 nitrogen and oxygen atoms in total. The zero-order valence-corrected chi connectivity index (χ0v) is 15.1. The topological polar surface area (TPSA) is 56.4 Å². The monoisotopic (exact) mass is 337 g/mol. The molecule has 2 rings (SSSR count). The Labute approximate surface area is 144 Å². The second kappa shape index (κ2) is 9.49. The SMILES string of the molecule is CCNC(=O)[C@@H](C)[NH+]1CC[NH+](CCOc2ccc(OC)cc2)CC1. The third-order valence-corrected chi connectivity index (χ3v) is 4.74. The van der Waals surface area contributed by atoms with Crippen LogP contribution in [-0.4, -0.2) is 64.9 Å². The number of methoxy groups -OCH3 is 1. The molecule has 0 aromatic heterocycles. The Balaban J connectivity index is 1.66. The van der Waals surface area contributed by atoms with Crippen molar-refractivity contribution in [3.63, 3.8) is 0 Å². The van der Waals surface area contributed by atoms with Crippen molar-refractivity contribution >= 4 is 5.91 Å². The molecule has 1 aliphatic rings. The molecule has 1 amide bonds. The van der Waals surface area contributed by atoms with Gasteiger partial charge in [0.05, 0.1) is 7.11 Å². The molecule has 0 spiro atoms. The number of quaternary nitrogens is 2. The minimum absolute atomic E-state index is 0.0436. The van der Waals surface area contributed by atoms with Crippen molar-refractivity contribution in [3.8, 4) is 11.5 Å². The molecule has 24 heavy (non-hydrogen) atoms. The normalized spacial score (nSPS) is 21.8. The number of nitrogens with one attached hydrogen (secondary N) is 3. The van der Waals surface area contributed by atoms with E-state index in [2.05, 4.69) is 5.32 Å². The van der Waals surface area contributed by atoms with Gasteiger partial charge < -0.3 is 24.6 Å². The lowest BCUT2D eigenvalue weighted by Crippen LogP contribution is -3.30. The first-order chi connectivity index (χ1) is 11.6. The van der Waals surface area contributed by atoms with E-state index < -0.39 is 0 Å². The zero-order chi connectivity index (χ0) is 17.4. The summed E-state index contributed by atoms with van der Waals surface area (Å²) in [6.45, 7) is 10.7. The summed E-state index contributed by atoms with van der Waals surface area (Å²) >= 11 is 0. The highest BCUT2D eigenvalue weighted by Gasteiger charge is 2.30. The summed E-state index contributed by atoms with van der Waals surface area (Å²) in [5.74, 6) is 1.89. The fraction of sp³-hybridized carbons (Fsp3) is 0.611. The predicted molar refractivity (Wildman–Crippen MR) is 92.9 cm³/mol. The molecule has 134 valence electrons. The van der Waals surface area contributed by atoms with Gasteiger partial charge in [0.15, 0.2) is 6.04 Å². The Morgan fingerprint density at radius 3 is 2.38 bits per heavy atom. The third-order valence-electron chi connectivity index (χ3n) is 4.74. The number of hydrogen-bond acceptors (Lipinski definition) is 3. The van der Waals surface area contributed by atoms with E-state index >= 15 is 0 Å². The molecule has 0 radical (unpaired) electrons. The number of ether oxygens (including phenoxy) is 2. The Kier molecular flexibility index (Phi) is 7.34. The molecule has 3 N–H and O–H groups in total. The van der Waals surface area contributed by atoms with Gasteiger partial charge in [-0.3, -0.25) is 4.79 Å². The van der Waals surface area contributed by atoms with Crippen molar-refractivity contribution in [2.45, 2.75) is 19.9 Å². The predicted octanol–water partition coefficient (Wildman–Crippen LogP) is -1.62. The number of likely N-dealkylation sites (N-methyl/N-ethyl adjacent to an activating group) is 1. The van der Waals surface area contributed by atoms with E-state index in [9.17, 15) is 4.79 Å². The lowest BCUT2D eigenvalue weighted by Gasteiger charge is -2.32. The quantitative estimate of drug-likeness (QED) is 0.535. The van der Waals surface area contributed by atoms with Crippen molar-refractivity contribution in [3.05, 3.63) is 24.3 Å². The standard InChI is InChI=1S/C18H29N3O3/c1-4-19-18(22)15(2)21-11-9-20(10-12-21)13-14-24-17-7-5-16(23-3)6-8-17/h5-8,15H,4,9-14H2,1-3H3,(H,19,22)/p+2/t15-/m1/s1. The lowest BCUT2D eigenvalue weighted by molar-refractivity contribution is -1.02. The highest BCUT2D eigenvalue weighted by Crippen LogP contribution is 2.16. The Morgan fingerprint density at radius 2 is 1.79 bits per heavy atom. The first kappa shape index (κ1) is 18.5. The summed E-state index contributed by atoms with van der Waals surface area (Å²) in [6, 6.07) is 7.73. The van der Waals surface area contributed by atoms with Gasteiger partial charge in [0.2, 0.25) is 0 Å². The van der Waals surface area contributed by atoms with Gasteiger partial charge in [0.1, 0.15) is 50.8 Å². The van der Waals surface area contributed by atoms with Gasteiger partial charge in [0.25, 0.3) is 5.91 Å². The van der Waals surface area contributed by atoms with Gasteiger partial charge >= 0.3 is 0 Å². The van der Waals surface area contributed by atoms with Crippen molar-refractivity contribution in [2.24, 2.45) is 0 Å². The maximum absolute atomic E-state index is 11.9. The molecular formula is C18H31N3O3+2. The number of carbonyl (C=O) groups is 1. The smallest absolute Gasteiger partial charge is 0.278 e. The third kappa shape index (κ3) is 5.39. The van der Waals surface area contributed by atoms with E-state index in [4.69, 9.17) is 9.47 Å². The molecule has 0 unspecified atom stereocenters. The van der Waals surface area contributed by atoms with Crippen LogP contribution in [0, 0.1) is 0 Å². The number of rotatable bonds is 8. The second-order valence-corrected chi connectivity index (χ2v) is 6.30. The summed E-state index contributed by atoms with van der Waals surface area (Å²) in [5.41, 5.74) is 0. The van der Waals surface area contributed by atoms with E-state index in [0.717, 1.165) is 44.2 Å². The molecule has 0 saturated carbocycles. The van der Waals surface area contributed by atoms with Gasteiger partial charge in [-0.2, -0.15) is 0 Å². The van der Waals surface area contributed by atoms with Gasteiger partial charge in [-0.05, 0) is 38.1 Å². The molecule has 1 atom stereocenters. The van der Waals surface area contributed by atoms with Crippen molar-refractivity contribution in [2.75, 3.05) is 53.0 Å². The molecule has 1 aromatic carbocycles. The average molecular weight is 337 g/mol. The average Bonchev–Trinajstić information content (AvgIpc) is 2.62. The van der Waals surface area contributed by atoms with Crippen molar-refractivity contribution in [1.29, 1.82) is 0 Å². The van der Waals surface area contributed by atoms with Crippen LogP contribution in [-0.2, 0) is 4.79 Å². The van der Waals surface area contributed by atoms with Crippen LogP contribution in [0.3, 0.4) is 0 Å². The van der Waals surface area contributed by atoms with E-state index in [1.54, 1.807) is 12.0 Å². The first-order valence-electron chi connectivity index (χ1n) is 8.86. The van der Waals surface area contributed by atoms with Crippen LogP contribution in [0.25, 0.3) is 0 Å². The largest absolute Gasteiger partial charge is 0.497 e. The van der Waals surface area contributed by atoms with Crippen molar-refractivity contribution < 1.29 is 24.1 Å². The fourth-order valence-electron chi connectivity index (χ4n) is 3.11. The van der Waals surface area contributed by atoms with Crippen LogP contribution >= 0.6 is 0 Å². The molecule has 1 aliphatic heterocycles. The molecular weight excluding hydrogens is 306 g/mol. The molecule has 1 aromatic rings. The lowest BCUT2D eigenvalue weighted by atomic mass is 10.2. The molecule has 6 heteroatoms. The van der Waals surface area contributed by atoms with Crippen LogP contribution in [0.5, 0.6) is 11.5 Å². The summed E-state index contributed by atoms with van der Waals surface area (Å²) in [5, 5.41) is 2.92. The van der Waals surface area contributed by atoms with Crippen molar-refractivity contribution in [1.82, 2.24) is 5.32 Å². The van der Waals surface area contributed by atoms with Gasteiger partial charge in [-0.25, -0.2) is 0 Å². The summed E-state index contributed by atoms with van der Waals surface area (Å²) < 4.78 is 10.9. The summed E-state index contributed by atoms with van der Waals surface area (Å²) in [7, 11) is 1.66. The van der Waals surface area contributed by atoms with E-state index in [-0.39, 0.29) is 11.9 Å². The minimum Gasteiger partial charge on any atom is -0.497 e. The zero-order valence-electron chi connectivity index (χ0n) is 15.1. The van der Waals surface area contributed by atoms with Crippen LogP contribution in [0.1, 0.15) is 13.8 Å². The van der Waals surface area contributed by atoms with Crippen LogP contribution in [0.15, 0.2) is 24.3 Å². The fourth-order valence-corrected chi connectivity index (χ4v) is 3.11. The molecule has 1 saturated heterocycles. The van der Waals surface area contributed by atoms with Crippen LogP contribution in [0.4, 0.5) is 0 Å². The molecule has 0 aliphatic carbocycles. The highest BCUT2D eigenvalue weighted by molar-refractivity contribution is 5.79. The molecule has 1 heterocycles. The number of hydrogen-bond donors (Lipinski definition) is 3. The van der Waals surface area contributed by atoms with Gasteiger partial charge in [0, 0.05) is 6.54 Å². The highest BCUT2D eigenvalue weighted by atomic mass is 16.5. The number of piperazine rings is 1. The summed E-state index contributed by atoms with van der Waals surface area (Å²) in [6.07, 6.45) is 0. The maximum atomic E-state index is 11.9. The van der Waals surface area contributed by atoms with Crippen LogP contribution < -0.4 is 24.6 Å². The Morgan fingerprint density at radius 1 is 1.17 bits per heavy atom. The van der Waals surface area contributed by atoms with E-state index in [1.165, 1.54) is 4.90 Å². The maximum Gasteiger partial charge on any atom is 0.278 e. The van der Waals surface area contributed by atoms with E-state index in [1.807, 2.05) is 38.1 Å². The first-order valence-corrected chi connectivity index (χ1v) is 8.86. The summed E-state index contributed by atoms with van der Waals surface area (Å²) in [4.78, 5) is 14.9. The van der Waals surface area contributed by atoms with Gasteiger partial charge in [-0.1, -0.05) is 0 Å². The van der Waals surface area contributed by atoms with E-state index in [0.29, 0.717) is 13.2 Å². The number of benzene rings is 1. The van der Waals surface area contributed by atoms with Gasteiger partial charge in [-0.15, -0.1) is 0 Å². The number of amides is 1. The number of carbonyl (C=O) groups excluding carboxylic acids is 1. The molecule has 0 bridgehead atoms. The Hall–Kier alpha value is -1.79.